The zero-order chi connectivity index (χ0) is 22.6. The molecule has 2 rings (SSSR count). The van der Waals surface area contributed by atoms with Gasteiger partial charge in [-0.2, -0.15) is 0 Å². The van der Waals surface area contributed by atoms with Crippen LogP contribution in [0.2, 0.25) is 0 Å². The number of methoxy groups -OCH3 is 1. The van der Waals surface area contributed by atoms with Crippen LogP contribution in [0.5, 0.6) is 0 Å². The van der Waals surface area contributed by atoms with Crippen molar-refractivity contribution in [3.8, 4) is 0 Å². The first-order valence-corrected chi connectivity index (χ1v) is 11.3. The second-order valence-electron chi connectivity index (χ2n) is 8.43. The second kappa shape index (κ2) is 13.2. The highest BCUT2D eigenvalue weighted by Crippen LogP contribution is 2.20. The molecular formula is C24H38N4O3. The standard InChI is InChI=1S/C24H38N4O3/c1-18-12-13-21(27-18)16-19(2)28(23(26)14-15-30-3)22(25)10-7-11-24(29)31-17-20-8-5-4-6-9-20/h4-6,8-9,18-19,21,25-27H,7,10-17H2,1-3H3. The zero-order valence-corrected chi connectivity index (χ0v) is 19.2. The van der Waals surface area contributed by atoms with Crippen molar-refractivity contribution in [3.05, 3.63) is 35.9 Å². The normalized spacial score (nSPS) is 19.1. The van der Waals surface area contributed by atoms with E-state index < -0.39 is 0 Å². The average Bonchev–Trinajstić information content (AvgIpc) is 3.16. The van der Waals surface area contributed by atoms with Crippen LogP contribution in [0.15, 0.2) is 30.3 Å². The Balaban J connectivity index is 1.83. The number of hydrogen-bond donors (Lipinski definition) is 3. The van der Waals surface area contributed by atoms with Crippen LogP contribution in [0.25, 0.3) is 0 Å². The average molecular weight is 431 g/mol. The van der Waals surface area contributed by atoms with Gasteiger partial charge in [0, 0.05) is 44.5 Å². The maximum absolute atomic E-state index is 12.1. The van der Waals surface area contributed by atoms with Crippen molar-refractivity contribution in [1.29, 1.82) is 10.8 Å². The molecule has 1 fully saturated rings. The number of rotatable bonds is 12. The largest absolute Gasteiger partial charge is 0.461 e. The van der Waals surface area contributed by atoms with Crippen LogP contribution in [-0.4, -0.2) is 54.4 Å². The molecule has 1 saturated heterocycles. The van der Waals surface area contributed by atoms with E-state index in [0.29, 0.717) is 49.6 Å². The van der Waals surface area contributed by atoms with Crippen molar-refractivity contribution in [1.82, 2.24) is 10.2 Å². The highest BCUT2D eigenvalue weighted by molar-refractivity contribution is 5.98. The molecule has 3 atom stereocenters. The van der Waals surface area contributed by atoms with E-state index >= 15 is 0 Å². The second-order valence-corrected chi connectivity index (χ2v) is 8.43. The van der Waals surface area contributed by atoms with Crippen molar-refractivity contribution >= 4 is 17.6 Å². The number of hydrogen-bond acceptors (Lipinski definition) is 6. The van der Waals surface area contributed by atoms with E-state index in [-0.39, 0.29) is 25.0 Å². The predicted octanol–water partition coefficient (Wildman–Crippen LogP) is 4.11. The van der Waals surface area contributed by atoms with Crippen LogP contribution in [0.3, 0.4) is 0 Å². The highest BCUT2D eigenvalue weighted by atomic mass is 16.5. The lowest BCUT2D eigenvalue weighted by Crippen LogP contribution is -2.45. The molecule has 1 aliphatic rings. The summed E-state index contributed by atoms with van der Waals surface area (Å²) in [7, 11) is 1.62. The molecule has 1 aliphatic heterocycles. The van der Waals surface area contributed by atoms with Gasteiger partial charge in [-0.3, -0.25) is 15.6 Å². The molecule has 0 radical (unpaired) electrons. The van der Waals surface area contributed by atoms with E-state index in [0.717, 1.165) is 18.4 Å². The summed E-state index contributed by atoms with van der Waals surface area (Å²) in [5.41, 5.74) is 0.963. The summed E-state index contributed by atoms with van der Waals surface area (Å²) in [4.78, 5) is 13.9. The molecule has 3 N–H and O–H groups in total. The quantitative estimate of drug-likeness (QED) is 0.263. The number of esters is 1. The zero-order valence-electron chi connectivity index (χ0n) is 19.2. The van der Waals surface area contributed by atoms with Gasteiger partial charge in [0.2, 0.25) is 0 Å². The third-order valence-electron chi connectivity index (χ3n) is 5.70. The number of carbonyl (C=O) groups excluding carboxylic acids is 1. The fourth-order valence-corrected chi connectivity index (χ4v) is 4.07. The Morgan fingerprint density at radius 2 is 1.87 bits per heavy atom. The van der Waals surface area contributed by atoms with Gasteiger partial charge in [0.25, 0.3) is 0 Å². The summed E-state index contributed by atoms with van der Waals surface area (Å²) in [5.74, 6) is 0.530. The first-order valence-electron chi connectivity index (χ1n) is 11.3. The van der Waals surface area contributed by atoms with Gasteiger partial charge < -0.3 is 19.7 Å². The summed E-state index contributed by atoms with van der Waals surface area (Å²) < 4.78 is 10.5. The van der Waals surface area contributed by atoms with Crippen LogP contribution in [0.1, 0.15) is 64.4 Å². The molecule has 172 valence electrons. The van der Waals surface area contributed by atoms with Gasteiger partial charge in [-0.05, 0) is 45.1 Å². The minimum absolute atomic E-state index is 0.0460. The Hall–Kier alpha value is -2.25. The number of nitrogens with one attached hydrogen (secondary N) is 3. The number of amidine groups is 2. The topological polar surface area (TPSA) is 98.5 Å². The Kier molecular flexibility index (Phi) is 10.7. The van der Waals surface area contributed by atoms with Crippen molar-refractivity contribution in [2.75, 3.05) is 13.7 Å². The number of ether oxygens (including phenoxy) is 2. The Morgan fingerprint density at radius 3 is 2.52 bits per heavy atom. The van der Waals surface area contributed by atoms with Gasteiger partial charge >= 0.3 is 5.97 Å². The molecule has 1 aromatic carbocycles. The molecule has 0 amide bonds. The molecule has 7 heteroatoms. The number of benzene rings is 1. The van der Waals surface area contributed by atoms with Crippen LogP contribution in [0.4, 0.5) is 0 Å². The smallest absolute Gasteiger partial charge is 0.306 e. The van der Waals surface area contributed by atoms with E-state index in [9.17, 15) is 4.79 Å². The van der Waals surface area contributed by atoms with Crippen molar-refractivity contribution in [3.63, 3.8) is 0 Å². The van der Waals surface area contributed by atoms with Crippen molar-refractivity contribution in [2.45, 2.75) is 83.5 Å². The molecule has 1 heterocycles. The molecule has 7 nitrogen and oxygen atoms in total. The molecule has 3 unspecified atom stereocenters. The summed E-state index contributed by atoms with van der Waals surface area (Å²) in [6.45, 7) is 5.01. The van der Waals surface area contributed by atoms with Gasteiger partial charge in [0.15, 0.2) is 0 Å². The molecular weight excluding hydrogens is 392 g/mol. The van der Waals surface area contributed by atoms with Gasteiger partial charge in [-0.1, -0.05) is 30.3 Å². The minimum atomic E-state index is -0.255. The summed E-state index contributed by atoms with van der Waals surface area (Å²) in [5, 5.41) is 20.7. The Bertz CT molecular complexity index is 710. The third-order valence-corrected chi connectivity index (χ3v) is 5.70. The lowest BCUT2D eigenvalue weighted by atomic mass is 10.0. The summed E-state index contributed by atoms with van der Waals surface area (Å²) in [6, 6.07) is 10.6. The maximum atomic E-state index is 12.1. The lowest BCUT2D eigenvalue weighted by molar-refractivity contribution is -0.145. The van der Waals surface area contributed by atoms with Gasteiger partial charge in [-0.15, -0.1) is 0 Å². The maximum Gasteiger partial charge on any atom is 0.306 e. The first kappa shape index (κ1) is 25.0. The van der Waals surface area contributed by atoms with Crippen molar-refractivity contribution in [2.24, 2.45) is 0 Å². The molecule has 0 aromatic heterocycles. The van der Waals surface area contributed by atoms with Crippen LogP contribution >= 0.6 is 0 Å². The number of nitrogens with zero attached hydrogens (tertiary/aromatic N) is 1. The number of carbonyl (C=O) groups is 1. The van der Waals surface area contributed by atoms with Gasteiger partial charge in [0.1, 0.15) is 18.3 Å². The van der Waals surface area contributed by atoms with Crippen molar-refractivity contribution < 1.29 is 14.3 Å². The van der Waals surface area contributed by atoms with Gasteiger partial charge in [0.05, 0.1) is 6.61 Å². The molecule has 1 aromatic rings. The van der Waals surface area contributed by atoms with Crippen LogP contribution in [0, 0.1) is 10.8 Å². The SMILES string of the molecule is COCCC(=N)N(C(=N)CCCC(=O)OCc1ccccc1)C(C)CC1CCC(C)N1. The molecule has 31 heavy (non-hydrogen) atoms. The minimum Gasteiger partial charge on any atom is -0.461 e. The van der Waals surface area contributed by atoms with E-state index in [2.05, 4.69) is 19.2 Å². The molecule has 0 bridgehead atoms. The Labute approximate surface area is 186 Å². The van der Waals surface area contributed by atoms with E-state index in [1.807, 2.05) is 35.2 Å². The van der Waals surface area contributed by atoms with Gasteiger partial charge in [-0.25, -0.2) is 0 Å². The fraction of sp³-hybridized carbons (Fsp3) is 0.625. The molecule has 0 spiro atoms. The van der Waals surface area contributed by atoms with E-state index in [1.54, 1.807) is 7.11 Å². The molecule has 0 saturated carbocycles. The lowest BCUT2D eigenvalue weighted by Gasteiger charge is -2.33. The Morgan fingerprint density at radius 1 is 1.16 bits per heavy atom. The summed E-state index contributed by atoms with van der Waals surface area (Å²) >= 11 is 0. The van der Waals surface area contributed by atoms with E-state index in [1.165, 1.54) is 6.42 Å². The monoisotopic (exact) mass is 430 g/mol. The third kappa shape index (κ3) is 8.79. The van der Waals surface area contributed by atoms with E-state index in [4.69, 9.17) is 20.3 Å². The predicted molar refractivity (Wildman–Crippen MR) is 124 cm³/mol. The molecule has 0 aliphatic carbocycles. The fourth-order valence-electron chi connectivity index (χ4n) is 4.07. The van der Waals surface area contributed by atoms with Crippen LogP contribution in [-0.2, 0) is 20.9 Å². The summed E-state index contributed by atoms with van der Waals surface area (Å²) in [6.07, 6.45) is 4.90. The first-order chi connectivity index (χ1) is 14.9. The highest BCUT2D eigenvalue weighted by Gasteiger charge is 2.27. The van der Waals surface area contributed by atoms with Crippen LogP contribution < -0.4 is 5.32 Å².